The number of aromatic nitrogens is 2. The van der Waals surface area contributed by atoms with Crippen LogP contribution in [0.2, 0.25) is 0 Å². The number of piperazine rings is 1. The lowest BCUT2D eigenvalue weighted by molar-refractivity contribution is -0.121. The Bertz CT molecular complexity index is 816. The summed E-state index contributed by atoms with van der Waals surface area (Å²) in [6.07, 6.45) is 2.24. The Labute approximate surface area is 142 Å². The molecule has 0 spiro atoms. The van der Waals surface area contributed by atoms with Crippen LogP contribution in [-0.2, 0) is 4.79 Å². The normalized spacial score (nSPS) is 17.2. The van der Waals surface area contributed by atoms with Gasteiger partial charge in [-0.1, -0.05) is 0 Å². The Hall–Kier alpha value is -3.07. The quantitative estimate of drug-likeness (QED) is 0.724. The third kappa shape index (κ3) is 3.89. The highest BCUT2D eigenvalue weighted by molar-refractivity contribution is 6.00. The van der Waals surface area contributed by atoms with E-state index in [0.717, 1.165) is 6.20 Å². The van der Waals surface area contributed by atoms with Gasteiger partial charge in [-0.25, -0.2) is 9.37 Å². The van der Waals surface area contributed by atoms with Crippen LogP contribution in [0.15, 0.2) is 41.5 Å². The molecule has 2 amide bonds. The second-order valence-electron chi connectivity index (χ2n) is 5.51. The molecular formula is C16H16FN5O3. The molecule has 1 saturated heterocycles. The van der Waals surface area contributed by atoms with Gasteiger partial charge in [0.1, 0.15) is 17.6 Å². The van der Waals surface area contributed by atoms with Crippen molar-refractivity contribution in [3.8, 4) is 0 Å². The summed E-state index contributed by atoms with van der Waals surface area (Å²) in [6.45, 7) is 1.14. The van der Waals surface area contributed by atoms with E-state index in [1.54, 1.807) is 0 Å². The van der Waals surface area contributed by atoms with E-state index in [0.29, 0.717) is 18.8 Å². The maximum Gasteiger partial charge on any atom is 0.274 e. The number of H-pyrrole nitrogens is 1. The molecule has 1 aliphatic rings. The van der Waals surface area contributed by atoms with Gasteiger partial charge in [0.15, 0.2) is 0 Å². The molecule has 0 aliphatic carbocycles. The predicted octanol–water partition coefficient (Wildman–Crippen LogP) is -0.0383. The molecule has 1 aliphatic heterocycles. The van der Waals surface area contributed by atoms with E-state index in [-0.39, 0.29) is 12.2 Å². The summed E-state index contributed by atoms with van der Waals surface area (Å²) in [4.78, 5) is 43.8. The lowest BCUT2D eigenvalue weighted by atomic mass is 10.1. The van der Waals surface area contributed by atoms with Crippen molar-refractivity contribution >= 4 is 17.5 Å². The molecular weight excluding hydrogens is 329 g/mol. The summed E-state index contributed by atoms with van der Waals surface area (Å²) in [5.41, 5.74) is 0.0788. The molecule has 1 fully saturated rings. The van der Waals surface area contributed by atoms with Gasteiger partial charge in [-0.3, -0.25) is 14.4 Å². The Kier molecular flexibility index (Phi) is 4.85. The van der Waals surface area contributed by atoms with Gasteiger partial charge in [-0.05, 0) is 24.3 Å². The summed E-state index contributed by atoms with van der Waals surface area (Å²) >= 11 is 0. The molecule has 0 saturated carbocycles. The molecule has 25 heavy (non-hydrogen) atoms. The number of carbonyl (C=O) groups is 2. The average Bonchev–Trinajstić information content (AvgIpc) is 2.63. The summed E-state index contributed by atoms with van der Waals surface area (Å²) in [5, 5.41) is 5.73. The van der Waals surface area contributed by atoms with Gasteiger partial charge in [0.2, 0.25) is 5.91 Å². The first kappa shape index (κ1) is 16.8. The molecule has 1 aromatic carbocycles. The molecule has 2 aromatic rings. The number of aromatic amines is 1. The Balaban J connectivity index is 1.76. The fourth-order valence-electron chi connectivity index (χ4n) is 2.55. The average molecular weight is 345 g/mol. The molecule has 2 heterocycles. The first-order valence-corrected chi connectivity index (χ1v) is 7.67. The van der Waals surface area contributed by atoms with Crippen LogP contribution >= 0.6 is 0 Å². The number of anilines is 1. The van der Waals surface area contributed by atoms with Crippen molar-refractivity contribution in [1.82, 2.24) is 20.2 Å². The van der Waals surface area contributed by atoms with E-state index in [4.69, 9.17) is 0 Å². The SMILES string of the molecule is O=C(Nc1ccc(F)cc1)C1CNCCN1C(=O)c1c[nH]c(=O)cn1. The molecule has 130 valence electrons. The zero-order valence-corrected chi connectivity index (χ0v) is 13.2. The number of hydrogen-bond donors (Lipinski definition) is 3. The molecule has 3 rings (SSSR count). The van der Waals surface area contributed by atoms with Crippen LogP contribution in [0.25, 0.3) is 0 Å². The Morgan fingerprint density at radius 1 is 1.28 bits per heavy atom. The van der Waals surface area contributed by atoms with Crippen LogP contribution < -0.4 is 16.2 Å². The topological polar surface area (TPSA) is 107 Å². The lowest BCUT2D eigenvalue weighted by Crippen LogP contribution is -2.58. The third-order valence-corrected chi connectivity index (χ3v) is 3.81. The Morgan fingerprint density at radius 2 is 2.04 bits per heavy atom. The first-order chi connectivity index (χ1) is 12.0. The van der Waals surface area contributed by atoms with Gasteiger partial charge in [-0.15, -0.1) is 0 Å². The van der Waals surface area contributed by atoms with Gasteiger partial charge in [0.25, 0.3) is 11.5 Å². The zero-order chi connectivity index (χ0) is 17.8. The molecule has 1 unspecified atom stereocenters. The highest BCUT2D eigenvalue weighted by Crippen LogP contribution is 2.13. The van der Waals surface area contributed by atoms with Crippen molar-refractivity contribution in [2.75, 3.05) is 25.0 Å². The number of benzene rings is 1. The highest BCUT2D eigenvalue weighted by atomic mass is 19.1. The minimum Gasteiger partial charge on any atom is -0.325 e. The largest absolute Gasteiger partial charge is 0.325 e. The van der Waals surface area contributed by atoms with Gasteiger partial charge >= 0.3 is 0 Å². The van der Waals surface area contributed by atoms with E-state index in [2.05, 4.69) is 20.6 Å². The fourth-order valence-corrected chi connectivity index (χ4v) is 2.55. The van der Waals surface area contributed by atoms with Gasteiger partial charge in [-0.2, -0.15) is 0 Å². The molecule has 1 aromatic heterocycles. The van der Waals surface area contributed by atoms with Gasteiger partial charge in [0, 0.05) is 31.5 Å². The minimum absolute atomic E-state index is 0.0566. The molecule has 8 nitrogen and oxygen atoms in total. The van der Waals surface area contributed by atoms with Gasteiger partial charge < -0.3 is 20.5 Å². The van der Waals surface area contributed by atoms with Crippen molar-refractivity contribution in [3.63, 3.8) is 0 Å². The zero-order valence-electron chi connectivity index (χ0n) is 13.2. The number of nitrogens with zero attached hydrogens (tertiary/aromatic N) is 2. The summed E-state index contributed by atoms with van der Waals surface area (Å²) in [6, 6.07) is 4.61. The summed E-state index contributed by atoms with van der Waals surface area (Å²) in [5.74, 6) is -1.24. The maximum atomic E-state index is 13.0. The van der Waals surface area contributed by atoms with Crippen molar-refractivity contribution in [3.05, 3.63) is 58.5 Å². The molecule has 9 heteroatoms. The maximum absolute atomic E-state index is 13.0. The summed E-state index contributed by atoms with van der Waals surface area (Å²) < 4.78 is 13.0. The van der Waals surface area contributed by atoms with E-state index < -0.39 is 29.2 Å². The summed E-state index contributed by atoms with van der Waals surface area (Å²) in [7, 11) is 0. The Morgan fingerprint density at radius 3 is 2.72 bits per heavy atom. The lowest BCUT2D eigenvalue weighted by Gasteiger charge is -2.34. The van der Waals surface area contributed by atoms with E-state index in [1.807, 2.05) is 0 Å². The van der Waals surface area contributed by atoms with E-state index >= 15 is 0 Å². The minimum atomic E-state index is -0.750. The molecule has 3 N–H and O–H groups in total. The highest BCUT2D eigenvalue weighted by Gasteiger charge is 2.33. The van der Waals surface area contributed by atoms with Crippen molar-refractivity contribution in [2.45, 2.75) is 6.04 Å². The van der Waals surface area contributed by atoms with E-state index in [1.165, 1.54) is 35.4 Å². The number of nitrogens with one attached hydrogen (secondary N) is 3. The monoisotopic (exact) mass is 345 g/mol. The first-order valence-electron chi connectivity index (χ1n) is 7.67. The number of rotatable bonds is 3. The second kappa shape index (κ2) is 7.22. The third-order valence-electron chi connectivity index (χ3n) is 3.81. The standard InChI is InChI=1S/C16H16FN5O3/c17-10-1-3-11(4-2-10)21-15(24)13-8-18-5-6-22(13)16(25)12-7-20-14(23)9-19-12/h1-4,7,9,13,18H,5-6,8H2,(H,20,23)(H,21,24). The van der Waals surface area contributed by atoms with E-state index in [9.17, 15) is 18.8 Å². The number of hydrogen-bond acceptors (Lipinski definition) is 5. The van der Waals surface area contributed by atoms with Crippen LogP contribution in [0.3, 0.4) is 0 Å². The van der Waals surface area contributed by atoms with Crippen LogP contribution in [0.1, 0.15) is 10.5 Å². The predicted molar refractivity (Wildman–Crippen MR) is 87.6 cm³/mol. The van der Waals surface area contributed by atoms with Crippen LogP contribution in [0.5, 0.6) is 0 Å². The van der Waals surface area contributed by atoms with Crippen LogP contribution in [0, 0.1) is 5.82 Å². The van der Waals surface area contributed by atoms with Crippen molar-refractivity contribution in [2.24, 2.45) is 0 Å². The number of amides is 2. The van der Waals surface area contributed by atoms with Crippen molar-refractivity contribution in [1.29, 1.82) is 0 Å². The number of carbonyl (C=O) groups excluding carboxylic acids is 2. The molecule has 0 radical (unpaired) electrons. The smallest absolute Gasteiger partial charge is 0.274 e. The van der Waals surface area contributed by atoms with Crippen LogP contribution in [-0.4, -0.2) is 52.4 Å². The van der Waals surface area contributed by atoms with Crippen LogP contribution in [0.4, 0.5) is 10.1 Å². The van der Waals surface area contributed by atoms with Gasteiger partial charge in [0.05, 0.1) is 6.20 Å². The fraction of sp³-hybridized carbons (Fsp3) is 0.250. The molecule has 1 atom stereocenters. The second-order valence-corrected chi connectivity index (χ2v) is 5.51. The number of halogens is 1. The molecule has 0 bridgehead atoms. The van der Waals surface area contributed by atoms with Crippen molar-refractivity contribution < 1.29 is 14.0 Å².